The van der Waals surface area contributed by atoms with Gasteiger partial charge in [0, 0.05) is 19.5 Å². The first kappa shape index (κ1) is 14.1. The molecule has 0 bridgehead atoms. The molecule has 1 rings (SSSR count). The predicted octanol–water partition coefficient (Wildman–Crippen LogP) is 2.37. The predicted molar refractivity (Wildman–Crippen MR) is 75.0 cm³/mol. The zero-order valence-corrected chi connectivity index (χ0v) is 12.6. The highest BCUT2D eigenvalue weighted by atomic mass is 79.9. The molecule has 2 N–H and O–H groups in total. The van der Waals surface area contributed by atoms with Crippen molar-refractivity contribution in [2.24, 2.45) is 12.8 Å². The van der Waals surface area contributed by atoms with E-state index in [2.05, 4.69) is 34.2 Å². The minimum atomic E-state index is 0.226. The number of aryl methyl sites for hydroxylation is 2. The maximum Gasteiger partial charge on any atom is 0.0766 e. The molecule has 0 radical (unpaired) electrons. The summed E-state index contributed by atoms with van der Waals surface area (Å²) in [5.74, 6) is 1.12. The molecule has 5 heteroatoms. The summed E-state index contributed by atoms with van der Waals surface area (Å²) in [6.07, 6.45) is 5.02. The average Bonchev–Trinajstić information content (AvgIpc) is 2.53. The van der Waals surface area contributed by atoms with E-state index in [1.54, 1.807) is 0 Å². The lowest BCUT2D eigenvalue weighted by molar-refractivity contribution is 0.603. The number of hydrogen-bond acceptors (Lipinski definition) is 3. The topological polar surface area (TPSA) is 43.8 Å². The first-order valence-electron chi connectivity index (χ1n) is 5.54. The summed E-state index contributed by atoms with van der Waals surface area (Å²) in [7, 11) is 1.99. The van der Waals surface area contributed by atoms with Crippen LogP contribution >= 0.6 is 27.7 Å². The van der Waals surface area contributed by atoms with Crippen molar-refractivity contribution in [3.05, 3.63) is 15.9 Å². The number of thioether (sulfide) groups is 1. The van der Waals surface area contributed by atoms with Crippen LogP contribution in [-0.2, 0) is 19.9 Å². The third kappa shape index (κ3) is 3.50. The number of nitrogens with two attached hydrogens (primary N) is 1. The maximum absolute atomic E-state index is 6.11. The first-order chi connectivity index (χ1) is 7.60. The van der Waals surface area contributed by atoms with Gasteiger partial charge in [-0.15, -0.1) is 0 Å². The second-order valence-electron chi connectivity index (χ2n) is 3.93. The van der Waals surface area contributed by atoms with Crippen molar-refractivity contribution >= 4 is 27.7 Å². The molecule has 0 fully saturated rings. The van der Waals surface area contributed by atoms with Gasteiger partial charge in [0.1, 0.15) is 0 Å². The minimum absolute atomic E-state index is 0.226. The molecule has 0 saturated heterocycles. The Morgan fingerprint density at radius 2 is 2.25 bits per heavy atom. The van der Waals surface area contributed by atoms with Crippen molar-refractivity contribution in [1.29, 1.82) is 0 Å². The number of rotatable bonds is 6. The molecule has 16 heavy (non-hydrogen) atoms. The molecule has 0 aromatic carbocycles. The molecular formula is C11H20BrN3S. The first-order valence-corrected chi connectivity index (χ1v) is 7.73. The molecule has 0 aliphatic heterocycles. The van der Waals surface area contributed by atoms with Crippen LogP contribution in [-0.4, -0.2) is 27.8 Å². The zero-order chi connectivity index (χ0) is 12.1. The second kappa shape index (κ2) is 6.67. The van der Waals surface area contributed by atoms with Gasteiger partial charge < -0.3 is 5.73 Å². The van der Waals surface area contributed by atoms with Gasteiger partial charge in [-0.1, -0.05) is 6.92 Å². The van der Waals surface area contributed by atoms with Gasteiger partial charge >= 0.3 is 0 Å². The fraction of sp³-hybridized carbons (Fsp3) is 0.727. The van der Waals surface area contributed by atoms with Crippen LogP contribution in [0.1, 0.15) is 24.7 Å². The summed E-state index contributed by atoms with van der Waals surface area (Å²) in [6, 6.07) is 0.226. The van der Waals surface area contributed by atoms with E-state index in [9.17, 15) is 0 Å². The SMILES string of the molecule is CCc1nn(C)c(CC(N)CCSC)c1Br. The molecule has 0 saturated carbocycles. The Morgan fingerprint density at radius 3 is 2.75 bits per heavy atom. The summed E-state index contributed by atoms with van der Waals surface area (Å²) in [4.78, 5) is 0. The largest absolute Gasteiger partial charge is 0.327 e. The van der Waals surface area contributed by atoms with Crippen molar-refractivity contribution < 1.29 is 0 Å². The van der Waals surface area contributed by atoms with Crippen molar-refractivity contribution in [2.45, 2.75) is 32.2 Å². The summed E-state index contributed by atoms with van der Waals surface area (Å²) < 4.78 is 3.08. The Labute approximate surface area is 110 Å². The highest BCUT2D eigenvalue weighted by Gasteiger charge is 2.15. The quantitative estimate of drug-likeness (QED) is 0.877. The van der Waals surface area contributed by atoms with Gasteiger partial charge in [-0.2, -0.15) is 16.9 Å². The van der Waals surface area contributed by atoms with Crippen molar-refractivity contribution in [3.63, 3.8) is 0 Å². The Morgan fingerprint density at radius 1 is 1.56 bits per heavy atom. The summed E-state index contributed by atoms with van der Waals surface area (Å²) in [5.41, 5.74) is 8.44. The van der Waals surface area contributed by atoms with E-state index >= 15 is 0 Å². The molecule has 0 aliphatic carbocycles. The van der Waals surface area contributed by atoms with E-state index in [1.807, 2.05) is 23.5 Å². The van der Waals surface area contributed by atoms with Crippen LogP contribution in [0.5, 0.6) is 0 Å². The number of halogens is 1. The van der Waals surface area contributed by atoms with Crippen LogP contribution in [0, 0.1) is 0 Å². The lowest BCUT2D eigenvalue weighted by Gasteiger charge is -2.11. The number of hydrogen-bond donors (Lipinski definition) is 1. The van der Waals surface area contributed by atoms with E-state index in [1.165, 1.54) is 5.69 Å². The molecule has 1 aromatic heterocycles. The van der Waals surface area contributed by atoms with E-state index in [0.29, 0.717) is 0 Å². The third-order valence-electron chi connectivity index (χ3n) is 2.65. The molecule has 92 valence electrons. The molecule has 1 aromatic rings. The van der Waals surface area contributed by atoms with Gasteiger partial charge in [0.05, 0.1) is 15.9 Å². The Balaban J connectivity index is 2.69. The normalized spacial score (nSPS) is 13.1. The zero-order valence-electron chi connectivity index (χ0n) is 10.2. The number of nitrogens with zero attached hydrogens (tertiary/aromatic N) is 2. The molecule has 1 heterocycles. The van der Waals surface area contributed by atoms with Crippen LogP contribution in [0.15, 0.2) is 4.47 Å². The second-order valence-corrected chi connectivity index (χ2v) is 5.71. The average molecular weight is 306 g/mol. The lowest BCUT2D eigenvalue weighted by atomic mass is 10.1. The monoisotopic (exact) mass is 305 g/mol. The molecule has 0 spiro atoms. The fourth-order valence-electron chi connectivity index (χ4n) is 1.66. The van der Waals surface area contributed by atoms with Crippen molar-refractivity contribution in [3.8, 4) is 0 Å². The van der Waals surface area contributed by atoms with E-state index in [4.69, 9.17) is 5.73 Å². The Kier molecular flexibility index (Phi) is 5.86. The van der Waals surface area contributed by atoms with Crippen LogP contribution in [0.25, 0.3) is 0 Å². The minimum Gasteiger partial charge on any atom is -0.327 e. The summed E-state index contributed by atoms with van der Waals surface area (Å²) in [6.45, 7) is 2.12. The molecule has 1 atom stereocenters. The van der Waals surface area contributed by atoms with Gasteiger partial charge in [0.2, 0.25) is 0 Å². The summed E-state index contributed by atoms with van der Waals surface area (Å²) >= 11 is 5.46. The highest BCUT2D eigenvalue weighted by molar-refractivity contribution is 9.10. The summed E-state index contributed by atoms with van der Waals surface area (Å²) in [5, 5.41) is 4.47. The van der Waals surface area contributed by atoms with Gasteiger partial charge in [0.25, 0.3) is 0 Å². The van der Waals surface area contributed by atoms with Crippen LogP contribution in [0.2, 0.25) is 0 Å². The van der Waals surface area contributed by atoms with Gasteiger partial charge in [-0.05, 0) is 40.8 Å². The van der Waals surface area contributed by atoms with Crippen molar-refractivity contribution in [2.75, 3.05) is 12.0 Å². The van der Waals surface area contributed by atoms with E-state index in [-0.39, 0.29) is 6.04 Å². The molecule has 0 aliphatic rings. The van der Waals surface area contributed by atoms with Crippen LogP contribution < -0.4 is 5.73 Å². The van der Waals surface area contributed by atoms with E-state index in [0.717, 1.165) is 35.2 Å². The van der Waals surface area contributed by atoms with E-state index < -0.39 is 0 Å². The molecule has 1 unspecified atom stereocenters. The Hall–Kier alpha value is -0.000000000000000111. The lowest BCUT2D eigenvalue weighted by Crippen LogP contribution is -2.25. The van der Waals surface area contributed by atoms with Crippen LogP contribution in [0.4, 0.5) is 0 Å². The standard InChI is InChI=1S/C11H20BrN3S/c1-4-9-11(12)10(15(2)14-9)7-8(13)5-6-16-3/h8H,4-7,13H2,1-3H3. The van der Waals surface area contributed by atoms with Crippen molar-refractivity contribution in [1.82, 2.24) is 9.78 Å². The fourth-order valence-corrected chi connectivity index (χ4v) is 2.98. The molecule has 0 amide bonds. The smallest absolute Gasteiger partial charge is 0.0766 e. The van der Waals surface area contributed by atoms with Gasteiger partial charge in [-0.25, -0.2) is 0 Å². The van der Waals surface area contributed by atoms with Crippen LogP contribution in [0.3, 0.4) is 0 Å². The number of aromatic nitrogens is 2. The molecular weight excluding hydrogens is 286 g/mol. The third-order valence-corrected chi connectivity index (χ3v) is 4.21. The van der Waals surface area contributed by atoms with Gasteiger partial charge in [0.15, 0.2) is 0 Å². The molecule has 3 nitrogen and oxygen atoms in total. The maximum atomic E-state index is 6.11. The highest BCUT2D eigenvalue weighted by Crippen LogP contribution is 2.23. The van der Waals surface area contributed by atoms with Gasteiger partial charge in [-0.3, -0.25) is 4.68 Å². The Bertz CT molecular complexity index is 338.